The predicted molar refractivity (Wildman–Crippen MR) is 86.5 cm³/mol. The van der Waals surface area contributed by atoms with E-state index in [-0.39, 0.29) is 6.10 Å². The standard InChI is InChI=1S/C15H22Cl2N2O2/c1-12(20)11-19-7-5-18(6-8-19)9-10-21-15-13(16)3-2-4-14(15)17/h2-4,12,20H,5-11H2,1H3/t12-/m1/s1. The SMILES string of the molecule is C[C@@H](O)CN1CCN(CCOc2c(Cl)cccc2Cl)CC1. The van der Waals surface area contributed by atoms with E-state index in [0.717, 1.165) is 39.3 Å². The molecule has 0 aromatic heterocycles. The van der Waals surface area contributed by atoms with E-state index >= 15 is 0 Å². The molecular weight excluding hydrogens is 311 g/mol. The lowest BCUT2D eigenvalue weighted by Crippen LogP contribution is -2.49. The number of piperazine rings is 1. The molecule has 0 unspecified atom stereocenters. The monoisotopic (exact) mass is 332 g/mol. The van der Waals surface area contributed by atoms with Gasteiger partial charge in [0.15, 0.2) is 5.75 Å². The van der Waals surface area contributed by atoms with Crippen LogP contribution in [0, 0.1) is 0 Å². The van der Waals surface area contributed by atoms with E-state index in [1.807, 2.05) is 6.92 Å². The van der Waals surface area contributed by atoms with E-state index in [1.54, 1.807) is 18.2 Å². The van der Waals surface area contributed by atoms with Crippen molar-refractivity contribution in [2.24, 2.45) is 0 Å². The summed E-state index contributed by atoms with van der Waals surface area (Å²) >= 11 is 12.1. The maximum atomic E-state index is 9.39. The molecule has 1 saturated heterocycles. The van der Waals surface area contributed by atoms with Crippen LogP contribution in [0.25, 0.3) is 0 Å². The third-order valence-electron chi connectivity index (χ3n) is 3.56. The molecule has 6 heteroatoms. The Bertz CT molecular complexity index is 429. The van der Waals surface area contributed by atoms with Crippen LogP contribution < -0.4 is 4.74 Å². The second kappa shape index (κ2) is 8.20. The van der Waals surface area contributed by atoms with Crippen LogP contribution in [0.4, 0.5) is 0 Å². The van der Waals surface area contributed by atoms with Crippen molar-refractivity contribution >= 4 is 23.2 Å². The molecule has 1 N–H and O–H groups in total. The number of aliphatic hydroxyl groups excluding tert-OH is 1. The number of ether oxygens (including phenoxy) is 1. The summed E-state index contributed by atoms with van der Waals surface area (Å²) in [7, 11) is 0. The number of benzene rings is 1. The number of β-amino-alcohol motifs (C(OH)–C–C–N with tert-alkyl or cyclic N) is 1. The van der Waals surface area contributed by atoms with E-state index in [2.05, 4.69) is 9.80 Å². The van der Waals surface area contributed by atoms with Crippen LogP contribution >= 0.6 is 23.2 Å². The lowest BCUT2D eigenvalue weighted by molar-refractivity contribution is 0.0750. The van der Waals surface area contributed by atoms with Crippen LogP contribution in [-0.4, -0.2) is 66.9 Å². The van der Waals surface area contributed by atoms with Gasteiger partial charge in [0.05, 0.1) is 16.1 Å². The van der Waals surface area contributed by atoms with Crippen molar-refractivity contribution in [3.8, 4) is 5.75 Å². The van der Waals surface area contributed by atoms with Gasteiger partial charge < -0.3 is 9.84 Å². The first kappa shape index (κ1) is 16.8. The van der Waals surface area contributed by atoms with Crippen molar-refractivity contribution in [1.29, 1.82) is 0 Å². The Morgan fingerprint density at radius 1 is 1.14 bits per heavy atom. The summed E-state index contributed by atoms with van der Waals surface area (Å²) in [5, 5.41) is 10.5. The number of para-hydroxylation sites is 1. The highest BCUT2D eigenvalue weighted by Crippen LogP contribution is 2.32. The van der Waals surface area contributed by atoms with E-state index in [0.29, 0.717) is 22.4 Å². The van der Waals surface area contributed by atoms with Gasteiger partial charge in [-0.25, -0.2) is 0 Å². The zero-order chi connectivity index (χ0) is 15.2. The maximum Gasteiger partial charge on any atom is 0.156 e. The fraction of sp³-hybridized carbons (Fsp3) is 0.600. The first-order valence-electron chi connectivity index (χ1n) is 7.26. The molecular formula is C15H22Cl2N2O2. The van der Waals surface area contributed by atoms with Crippen LogP contribution in [0.2, 0.25) is 10.0 Å². The van der Waals surface area contributed by atoms with Gasteiger partial charge in [0.1, 0.15) is 6.61 Å². The molecule has 1 aliphatic rings. The first-order valence-corrected chi connectivity index (χ1v) is 8.01. The molecule has 0 amide bonds. The highest BCUT2D eigenvalue weighted by molar-refractivity contribution is 6.37. The number of nitrogens with zero attached hydrogens (tertiary/aromatic N) is 2. The van der Waals surface area contributed by atoms with E-state index < -0.39 is 0 Å². The molecule has 0 radical (unpaired) electrons. The van der Waals surface area contributed by atoms with E-state index in [4.69, 9.17) is 27.9 Å². The van der Waals surface area contributed by atoms with Gasteiger partial charge in [0.25, 0.3) is 0 Å². The van der Waals surface area contributed by atoms with Gasteiger partial charge in [0.2, 0.25) is 0 Å². The molecule has 0 spiro atoms. The predicted octanol–water partition coefficient (Wildman–Crippen LogP) is 2.37. The molecule has 118 valence electrons. The molecule has 1 atom stereocenters. The molecule has 1 aromatic rings. The van der Waals surface area contributed by atoms with Crippen molar-refractivity contribution in [2.45, 2.75) is 13.0 Å². The van der Waals surface area contributed by atoms with Gasteiger partial charge in [0, 0.05) is 39.3 Å². The lowest BCUT2D eigenvalue weighted by Gasteiger charge is -2.35. The highest BCUT2D eigenvalue weighted by atomic mass is 35.5. The number of rotatable bonds is 6. The summed E-state index contributed by atoms with van der Waals surface area (Å²) in [6.45, 7) is 7.95. The summed E-state index contributed by atoms with van der Waals surface area (Å²) in [6, 6.07) is 5.36. The molecule has 1 heterocycles. The molecule has 4 nitrogen and oxygen atoms in total. The second-order valence-corrected chi connectivity index (χ2v) is 6.20. The molecule has 1 fully saturated rings. The summed E-state index contributed by atoms with van der Waals surface area (Å²) < 4.78 is 5.70. The topological polar surface area (TPSA) is 35.9 Å². The van der Waals surface area contributed by atoms with Crippen LogP contribution in [-0.2, 0) is 0 Å². The normalized spacial score (nSPS) is 18.7. The van der Waals surface area contributed by atoms with Crippen molar-refractivity contribution in [3.05, 3.63) is 28.2 Å². The van der Waals surface area contributed by atoms with Gasteiger partial charge in [-0.15, -0.1) is 0 Å². The van der Waals surface area contributed by atoms with Gasteiger partial charge in [-0.2, -0.15) is 0 Å². The van der Waals surface area contributed by atoms with Crippen molar-refractivity contribution < 1.29 is 9.84 Å². The zero-order valence-electron chi connectivity index (χ0n) is 12.3. The lowest BCUT2D eigenvalue weighted by atomic mass is 10.3. The zero-order valence-corrected chi connectivity index (χ0v) is 13.8. The Balaban J connectivity index is 1.71. The molecule has 21 heavy (non-hydrogen) atoms. The van der Waals surface area contributed by atoms with Crippen molar-refractivity contribution in [1.82, 2.24) is 9.80 Å². The summed E-state index contributed by atoms with van der Waals surface area (Å²) in [4.78, 5) is 4.64. The summed E-state index contributed by atoms with van der Waals surface area (Å²) in [5.74, 6) is 0.563. The molecule has 0 bridgehead atoms. The quantitative estimate of drug-likeness (QED) is 0.867. The average Bonchev–Trinajstić information content (AvgIpc) is 2.43. The van der Waals surface area contributed by atoms with Gasteiger partial charge >= 0.3 is 0 Å². The first-order chi connectivity index (χ1) is 10.1. The minimum absolute atomic E-state index is 0.262. The molecule has 1 aromatic carbocycles. The molecule has 0 saturated carbocycles. The number of hydrogen-bond donors (Lipinski definition) is 1. The molecule has 1 aliphatic heterocycles. The Morgan fingerprint density at radius 3 is 2.29 bits per heavy atom. The minimum Gasteiger partial charge on any atom is -0.489 e. The maximum absolute atomic E-state index is 9.39. The number of halogens is 2. The van der Waals surface area contributed by atoms with Gasteiger partial charge in [-0.3, -0.25) is 9.80 Å². The largest absolute Gasteiger partial charge is 0.489 e. The molecule has 0 aliphatic carbocycles. The fourth-order valence-corrected chi connectivity index (χ4v) is 2.97. The fourth-order valence-electron chi connectivity index (χ4n) is 2.47. The van der Waals surface area contributed by atoms with Crippen LogP contribution in [0.1, 0.15) is 6.92 Å². The minimum atomic E-state index is -0.262. The molecule has 2 rings (SSSR count). The van der Waals surface area contributed by atoms with Crippen LogP contribution in [0.3, 0.4) is 0 Å². The van der Waals surface area contributed by atoms with Crippen molar-refractivity contribution in [3.63, 3.8) is 0 Å². The van der Waals surface area contributed by atoms with Gasteiger partial charge in [-0.1, -0.05) is 29.3 Å². The summed E-state index contributed by atoms with van der Waals surface area (Å²) in [6.07, 6.45) is -0.262. The highest BCUT2D eigenvalue weighted by Gasteiger charge is 2.17. The smallest absolute Gasteiger partial charge is 0.156 e. The Hall–Kier alpha value is -0.520. The second-order valence-electron chi connectivity index (χ2n) is 5.39. The van der Waals surface area contributed by atoms with Crippen molar-refractivity contribution in [2.75, 3.05) is 45.9 Å². The Kier molecular flexibility index (Phi) is 6.58. The third-order valence-corrected chi connectivity index (χ3v) is 4.16. The average molecular weight is 333 g/mol. The Morgan fingerprint density at radius 2 is 1.71 bits per heavy atom. The van der Waals surface area contributed by atoms with E-state index in [9.17, 15) is 5.11 Å². The van der Waals surface area contributed by atoms with Gasteiger partial charge in [-0.05, 0) is 19.1 Å². The van der Waals surface area contributed by atoms with Crippen LogP contribution in [0.5, 0.6) is 5.75 Å². The third kappa shape index (κ3) is 5.31. The summed E-state index contributed by atoms with van der Waals surface area (Å²) in [5.41, 5.74) is 0. The van der Waals surface area contributed by atoms with Crippen LogP contribution in [0.15, 0.2) is 18.2 Å². The Labute approximate surface area is 136 Å². The van der Waals surface area contributed by atoms with E-state index in [1.165, 1.54) is 0 Å². The number of aliphatic hydroxyl groups is 1. The number of hydrogen-bond acceptors (Lipinski definition) is 4.